The van der Waals surface area contributed by atoms with Crippen molar-refractivity contribution in [2.45, 2.75) is 6.42 Å². The number of aromatic nitrogens is 5. The number of carbonyl (C=O) groups is 2. The van der Waals surface area contributed by atoms with Crippen molar-refractivity contribution in [2.24, 2.45) is 0 Å². The number of para-hydroxylation sites is 1. The minimum Gasteiger partial charge on any atom is -0.349 e. The van der Waals surface area contributed by atoms with Crippen LogP contribution in [0.2, 0.25) is 5.02 Å². The Kier molecular flexibility index (Phi) is 5.75. The van der Waals surface area contributed by atoms with Crippen LogP contribution in [0, 0.1) is 0 Å². The van der Waals surface area contributed by atoms with E-state index in [2.05, 4.69) is 36.2 Å². The van der Waals surface area contributed by atoms with E-state index in [9.17, 15) is 9.59 Å². The Morgan fingerprint density at radius 1 is 0.912 bits per heavy atom. The number of tetrazole rings is 1. The quantitative estimate of drug-likeness (QED) is 0.291. The fourth-order valence-corrected chi connectivity index (χ4v) is 3.81. The topological polar surface area (TPSA) is 128 Å². The van der Waals surface area contributed by atoms with Gasteiger partial charge in [0.1, 0.15) is 5.69 Å². The van der Waals surface area contributed by atoms with Gasteiger partial charge in [-0.2, -0.15) is 5.21 Å². The molecule has 0 unspecified atom stereocenters. The fourth-order valence-electron chi connectivity index (χ4n) is 3.63. The Bertz CT molecular complexity index is 1480. The summed E-state index contributed by atoms with van der Waals surface area (Å²) in [5, 5.41) is 20.9. The highest BCUT2D eigenvalue weighted by Gasteiger charge is 2.17. The van der Waals surface area contributed by atoms with Gasteiger partial charge in [-0.1, -0.05) is 54.1 Å². The fraction of sp³-hybridized carbons (Fsp3) is 0.0417. The number of carbonyl (C=O) groups excluding carboxylic acids is 2. The van der Waals surface area contributed by atoms with E-state index in [0.717, 1.165) is 10.9 Å². The molecule has 5 aromatic rings. The molecular weight excluding hydrogens is 454 g/mol. The van der Waals surface area contributed by atoms with Gasteiger partial charge < -0.3 is 15.6 Å². The average molecular weight is 472 g/mol. The minimum atomic E-state index is -0.371. The van der Waals surface area contributed by atoms with Gasteiger partial charge >= 0.3 is 0 Å². The van der Waals surface area contributed by atoms with E-state index in [0.29, 0.717) is 39.0 Å². The molecule has 0 radical (unpaired) electrons. The molecule has 2 heterocycles. The first-order valence-corrected chi connectivity index (χ1v) is 10.7. The Hall–Kier alpha value is -4.50. The van der Waals surface area contributed by atoms with Crippen LogP contribution < -0.4 is 10.6 Å². The van der Waals surface area contributed by atoms with Gasteiger partial charge in [-0.3, -0.25) is 9.59 Å². The number of anilines is 2. The molecule has 5 rings (SSSR count). The SMILES string of the molecule is O=C(Cc1ccccc1)Nc1cccc2cc(C(=O)Nc3ccc(Cl)cc3-c3nn[nH]n3)[nH]c12. The van der Waals surface area contributed by atoms with Gasteiger partial charge in [0.15, 0.2) is 0 Å². The lowest BCUT2D eigenvalue weighted by Crippen LogP contribution is -2.15. The van der Waals surface area contributed by atoms with E-state index >= 15 is 0 Å². The van der Waals surface area contributed by atoms with Gasteiger partial charge in [0.25, 0.3) is 5.91 Å². The summed E-state index contributed by atoms with van der Waals surface area (Å²) in [5.41, 5.74) is 3.50. The number of H-pyrrole nitrogens is 2. The van der Waals surface area contributed by atoms with E-state index in [-0.39, 0.29) is 18.2 Å². The van der Waals surface area contributed by atoms with E-state index in [4.69, 9.17) is 11.6 Å². The van der Waals surface area contributed by atoms with Crippen LogP contribution in [0.5, 0.6) is 0 Å². The standard InChI is InChI=1S/C24H18ClN7O2/c25-16-9-10-18(17(13-16)23-29-31-32-30-23)28-24(34)20-12-15-7-4-8-19(22(15)27-20)26-21(33)11-14-5-2-1-3-6-14/h1-10,12-13,27H,11H2,(H,26,33)(H,28,34)(H,29,30,31,32). The third-order valence-corrected chi connectivity index (χ3v) is 5.43. The highest BCUT2D eigenvalue weighted by molar-refractivity contribution is 6.31. The summed E-state index contributed by atoms with van der Waals surface area (Å²) >= 11 is 6.11. The number of hydrogen-bond acceptors (Lipinski definition) is 5. The maximum Gasteiger partial charge on any atom is 0.272 e. The van der Waals surface area contributed by atoms with Crippen molar-refractivity contribution in [3.63, 3.8) is 0 Å². The van der Waals surface area contributed by atoms with Crippen LogP contribution in [0.3, 0.4) is 0 Å². The number of rotatable bonds is 6. The second kappa shape index (κ2) is 9.16. The van der Waals surface area contributed by atoms with E-state index < -0.39 is 0 Å². The third kappa shape index (κ3) is 4.50. The smallest absolute Gasteiger partial charge is 0.272 e. The van der Waals surface area contributed by atoms with Crippen LogP contribution in [0.1, 0.15) is 16.1 Å². The summed E-state index contributed by atoms with van der Waals surface area (Å²) in [6, 6.07) is 21.7. The van der Waals surface area contributed by atoms with Crippen LogP contribution in [0.15, 0.2) is 72.8 Å². The molecule has 0 saturated carbocycles. The molecule has 0 saturated heterocycles. The molecule has 0 fully saturated rings. The Balaban J connectivity index is 1.38. The van der Waals surface area contributed by atoms with Crippen LogP contribution in [-0.2, 0) is 11.2 Å². The molecule has 0 aliphatic heterocycles. The Labute approximate surface area is 198 Å². The first-order chi connectivity index (χ1) is 16.6. The van der Waals surface area contributed by atoms with Crippen LogP contribution in [-0.4, -0.2) is 37.4 Å². The molecule has 2 aromatic heterocycles. The number of fused-ring (bicyclic) bond motifs is 1. The second-order valence-electron chi connectivity index (χ2n) is 7.54. The van der Waals surface area contributed by atoms with Gasteiger partial charge in [-0.15, -0.1) is 10.2 Å². The van der Waals surface area contributed by atoms with Crippen molar-refractivity contribution >= 4 is 45.7 Å². The molecule has 168 valence electrons. The van der Waals surface area contributed by atoms with E-state index in [1.807, 2.05) is 42.5 Å². The van der Waals surface area contributed by atoms with E-state index in [1.165, 1.54) is 0 Å². The van der Waals surface area contributed by atoms with Crippen molar-refractivity contribution in [1.82, 2.24) is 25.6 Å². The predicted octanol–water partition coefficient (Wildman–Crippen LogP) is 4.43. The van der Waals surface area contributed by atoms with Crippen molar-refractivity contribution in [1.29, 1.82) is 0 Å². The molecule has 34 heavy (non-hydrogen) atoms. The average Bonchev–Trinajstić information content (AvgIpc) is 3.52. The van der Waals surface area contributed by atoms with Crippen molar-refractivity contribution in [3.05, 3.63) is 89.1 Å². The van der Waals surface area contributed by atoms with Crippen molar-refractivity contribution < 1.29 is 9.59 Å². The van der Waals surface area contributed by atoms with Gasteiger partial charge in [0.2, 0.25) is 11.7 Å². The molecule has 9 nitrogen and oxygen atoms in total. The molecule has 0 atom stereocenters. The highest BCUT2D eigenvalue weighted by atomic mass is 35.5. The number of benzene rings is 3. The lowest BCUT2D eigenvalue weighted by atomic mass is 10.1. The zero-order valence-electron chi connectivity index (χ0n) is 17.7. The number of nitrogens with one attached hydrogen (secondary N) is 4. The summed E-state index contributed by atoms with van der Waals surface area (Å²) < 4.78 is 0. The number of aromatic amines is 2. The lowest BCUT2D eigenvalue weighted by Gasteiger charge is -2.09. The monoisotopic (exact) mass is 471 g/mol. The van der Waals surface area contributed by atoms with Gasteiger partial charge in [-0.25, -0.2) is 0 Å². The first-order valence-electron chi connectivity index (χ1n) is 10.4. The largest absolute Gasteiger partial charge is 0.349 e. The van der Waals surface area contributed by atoms with Gasteiger partial charge in [0.05, 0.1) is 23.3 Å². The molecule has 0 bridgehead atoms. The highest BCUT2D eigenvalue weighted by Crippen LogP contribution is 2.29. The lowest BCUT2D eigenvalue weighted by molar-refractivity contribution is -0.115. The summed E-state index contributed by atoms with van der Waals surface area (Å²) in [7, 11) is 0. The predicted molar refractivity (Wildman–Crippen MR) is 130 cm³/mol. The molecule has 0 spiro atoms. The number of amides is 2. The van der Waals surface area contributed by atoms with Crippen molar-refractivity contribution in [3.8, 4) is 11.4 Å². The van der Waals surface area contributed by atoms with Crippen LogP contribution >= 0.6 is 11.6 Å². The first kappa shape index (κ1) is 21.4. The van der Waals surface area contributed by atoms with Crippen molar-refractivity contribution in [2.75, 3.05) is 10.6 Å². The molecule has 3 aromatic carbocycles. The Morgan fingerprint density at radius 2 is 1.76 bits per heavy atom. The third-order valence-electron chi connectivity index (χ3n) is 5.20. The van der Waals surface area contributed by atoms with E-state index in [1.54, 1.807) is 30.3 Å². The second-order valence-corrected chi connectivity index (χ2v) is 7.98. The molecule has 0 aliphatic rings. The van der Waals surface area contributed by atoms with Crippen LogP contribution in [0.4, 0.5) is 11.4 Å². The Morgan fingerprint density at radius 3 is 2.56 bits per heavy atom. The van der Waals surface area contributed by atoms with Crippen LogP contribution in [0.25, 0.3) is 22.3 Å². The summed E-state index contributed by atoms with van der Waals surface area (Å²) in [4.78, 5) is 28.7. The zero-order chi connectivity index (χ0) is 23.5. The summed E-state index contributed by atoms with van der Waals surface area (Å²) in [6.45, 7) is 0. The van der Waals surface area contributed by atoms with Gasteiger partial charge in [-0.05, 0) is 41.1 Å². The normalized spacial score (nSPS) is 10.9. The summed E-state index contributed by atoms with van der Waals surface area (Å²) in [6.07, 6.45) is 0.251. The summed E-state index contributed by atoms with van der Waals surface area (Å²) in [5.74, 6) is -0.215. The molecule has 4 N–H and O–H groups in total. The molecule has 0 aliphatic carbocycles. The molecule has 10 heteroatoms. The molecular formula is C24H18ClN7O2. The zero-order valence-corrected chi connectivity index (χ0v) is 18.4. The number of halogens is 1. The number of nitrogens with zero attached hydrogens (tertiary/aromatic N) is 3. The maximum absolute atomic E-state index is 13.0. The minimum absolute atomic E-state index is 0.148. The molecule has 2 amide bonds. The van der Waals surface area contributed by atoms with Gasteiger partial charge in [0, 0.05) is 16.0 Å². The maximum atomic E-state index is 13.0. The number of hydrogen-bond donors (Lipinski definition) is 4.